The van der Waals surface area contributed by atoms with Gasteiger partial charge in [-0.3, -0.25) is 4.79 Å². The van der Waals surface area contributed by atoms with Gasteiger partial charge >= 0.3 is 6.01 Å². The first kappa shape index (κ1) is 35.4. The van der Waals surface area contributed by atoms with Crippen LogP contribution in [0.3, 0.4) is 0 Å². The molecule has 2 saturated heterocycles. The highest BCUT2D eigenvalue weighted by Crippen LogP contribution is 2.61. The molecule has 0 radical (unpaired) electrons. The predicted octanol–water partition coefficient (Wildman–Crippen LogP) is 6.67. The van der Waals surface area contributed by atoms with Gasteiger partial charge in [-0.1, -0.05) is 12.0 Å². The van der Waals surface area contributed by atoms with Crippen molar-refractivity contribution in [3.05, 3.63) is 47.4 Å². The Hall–Kier alpha value is -5.30. The van der Waals surface area contributed by atoms with E-state index in [-0.39, 0.29) is 81.2 Å². The zero-order chi connectivity index (χ0) is 38.9. The average Bonchev–Trinajstić information content (AvgIpc) is 3.78. The summed E-state index contributed by atoms with van der Waals surface area (Å²) in [5.41, 5.74) is -2.30. The van der Waals surface area contributed by atoms with E-state index in [9.17, 15) is 27.5 Å². The number of oxazole rings is 1. The molecule has 2 aliphatic carbocycles. The Bertz CT molecular complexity index is 2500. The first-order chi connectivity index (χ1) is 26.0. The first-order valence-corrected chi connectivity index (χ1v) is 17.9. The summed E-state index contributed by atoms with van der Waals surface area (Å²) in [6, 6.07) is 3.78. The topological polar surface area (TPSA) is 108 Å². The quantitative estimate of drug-likeness (QED) is 0.137. The van der Waals surface area contributed by atoms with Crippen molar-refractivity contribution in [2.75, 3.05) is 45.2 Å². The fourth-order valence-electron chi connectivity index (χ4n) is 8.75. The SMILES string of the molecule is C#Cc1c(F)ccc2cc(O)cc(-c3c(F)c4nc(OC[C@]5(CN(C)C)CC5(F)F)nc(N5CC6CCC(C5)N6C(=O)C5CC5(F)F)c4c4oc(C)nc34)c12. The number of hydrogen-bond acceptors (Lipinski definition) is 9. The minimum Gasteiger partial charge on any atom is -0.508 e. The zero-order valence-corrected chi connectivity index (χ0v) is 29.9. The van der Waals surface area contributed by atoms with Crippen LogP contribution in [0.1, 0.15) is 37.1 Å². The van der Waals surface area contributed by atoms with Crippen molar-refractivity contribution in [1.29, 1.82) is 0 Å². The molecule has 55 heavy (non-hydrogen) atoms. The molecule has 3 unspecified atom stereocenters. The van der Waals surface area contributed by atoms with Crippen molar-refractivity contribution < 1.29 is 45.4 Å². The van der Waals surface area contributed by atoms with E-state index in [1.165, 1.54) is 30.0 Å². The molecule has 2 aromatic heterocycles. The summed E-state index contributed by atoms with van der Waals surface area (Å²) in [4.78, 5) is 31.8. The Morgan fingerprint density at radius 1 is 1.07 bits per heavy atom. The van der Waals surface area contributed by atoms with E-state index in [1.54, 1.807) is 23.9 Å². The number of alkyl halides is 4. The molecule has 5 aromatic rings. The molecular formula is C39H34F6N6O4. The second kappa shape index (κ2) is 11.8. The number of rotatable bonds is 8. The molecule has 9 rings (SSSR count). The standard InChI is InChI=1S/C39H34F6N6O4/c1-5-23-26(40)9-6-19-10-22(52)11-24(27(19)23)28-30(41)31-29(33-32(28)46-18(2)55-33)34(48-36(47-31)54-17-37(16-49(3)4)15-39(37,44)45)50-13-20-7-8-21(14-50)51(20)35(53)25-12-38(25,42)43/h1,6,9-11,20-21,25,52H,7-8,12-17H2,2-4H3/t20?,21?,25?,37-/m1/s1. The largest absolute Gasteiger partial charge is 0.508 e. The van der Waals surface area contributed by atoms with Gasteiger partial charge in [0.25, 0.3) is 11.8 Å². The van der Waals surface area contributed by atoms with Crippen LogP contribution in [-0.2, 0) is 4.79 Å². The number of nitrogens with zero attached hydrogens (tertiary/aromatic N) is 6. The van der Waals surface area contributed by atoms with Gasteiger partial charge in [-0.25, -0.2) is 31.3 Å². The van der Waals surface area contributed by atoms with E-state index in [4.69, 9.17) is 15.6 Å². The van der Waals surface area contributed by atoms with Gasteiger partial charge in [-0.2, -0.15) is 9.97 Å². The van der Waals surface area contributed by atoms with Gasteiger partial charge in [-0.05, 0) is 56.1 Å². The molecule has 0 spiro atoms. The monoisotopic (exact) mass is 764 g/mol. The van der Waals surface area contributed by atoms with Crippen LogP contribution >= 0.6 is 0 Å². The molecular weight excluding hydrogens is 730 g/mol. The van der Waals surface area contributed by atoms with Crippen molar-refractivity contribution >= 4 is 44.5 Å². The van der Waals surface area contributed by atoms with Gasteiger partial charge in [0.2, 0.25) is 5.91 Å². The number of phenolic OH excluding ortho intramolecular Hbond substituents is 1. The number of carbonyl (C=O) groups excluding carboxylic acids is 1. The molecule has 1 N–H and O–H groups in total. The zero-order valence-electron chi connectivity index (χ0n) is 29.9. The maximum Gasteiger partial charge on any atom is 0.319 e. The number of aryl methyl sites for hydroxylation is 1. The number of fused-ring (bicyclic) bond motifs is 6. The molecule has 286 valence electrons. The third-order valence-corrected chi connectivity index (χ3v) is 11.4. The Kier molecular flexibility index (Phi) is 7.63. The van der Waals surface area contributed by atoms with Crippen molar-refractivity contribution in [3.8, 4) is 35.2 Å². The van der Waals surface area contributed by atoms with Crippen LogP contribution in [0.15, 0.2) is 28.7 Å². The normalized spacial score (nSPS) is 24.9. The molecule has 16 heteroatoms. The third kappa shape index (κ3) is 5.44. The second-order valence-corrected chi connectivity index (χ2v) is 15.6. The summed E-state index contributed by atoms with van der Waals surface area (Å²) in [6.07, 6.45) is 5.88. The number of phenols is 1. The second-order valence-electron chi connectivity index (χ2n) is 15.6. The summed E-state index contributed by atoms with van der Waals surface area (Å²) < 4.78 is 102. The number of ether oxygens (including phenoxy) is 1. The molecule has 2 bridgehead atoms. The Morgan fingerprint density at radius 2 is 1.76 bits per heavy atom. The van der Waals surface area contributed by atoms with E-state index >= 15 is 8.78 Å². The fraction of sp³-hybridized carbons (Fsp3) is 0.436. The van der Waals surface area contributed by atoms with Crippen LogP contribution in [0.5, 0.6) is 11.8 Å². The number of anilines is 1. The van der Waals surface area contributed by atoms with Gasteiger partial charge < -0.3 is 29.0 Å². The van der Waals surface area contributed by atoms with Crippen LogP contribution < -0.4 is 9.64 Å². The molecule has 4 aliphatic rings. The maximum absolute atomic E-state index is 17.6. The highest BCUT2D eigenvalue weighted by Gasteiger charge is 2.71. The lowest BCUT2D eigenvalue weighted by atomic mass is 9.92. The van der Waals surface area contributed by atoms with Gasteiger partial charge in [0.15, 0.2) is 17.3 Å². The van der Waals surface area contributed by atoms with Crippen LogP contribution in [0.25, 0.3) is 43.9 Å². The number of aromatic nitrogens is 3. The average molecular weight is 765 g/mol. The highest BCUT2D eigenvalue weighted by atomic mass is 19.3. The summed E-state index contributed by atoms with van der Waals surface area (Å²) in [5.74, 6) is -7.50. The van der Waals surface area contributed by atoms with Crippen molar-refractivity contribution in [3.63, 3.8) is 0 Å². The van der Waals surface area contributed by atoms with Gasteiger partial charge in [0, 0.05) is 56.9 Å². The van der Waals surface area contributed by atoms with E-state index in [2.05, 4.69) is 20.9 Å². The minimum absolute atomic E-state index is 0.00501. The highest BCUT2D eigenvalue weighted by molar-refractivity contribution is 6.16. The Balaban J connectivity index is 1.24. The molecule has 2 aliphatic heterocycles. The number of terminal acetylenes is 1. The van der Waals surface area contributed by atoms with E-state index in [0.717, 1.165) is 6.07 Å². The summed E-state index contributed by atoms with van der Waals surface area (Å²) in [6.45, 7) is 1.31. The summed E-state index contributed by atoms with van der Waals surface area (Å²) in [7, 11) is 3.32. The summed E-state index contributed by atoms with van der Waals surface area (Å²) in [5, 5.41) is 11.3. The summed E-state index contributed by atoms with van der Waals surface area (Å²) >= 11 is 0. The Morgan fingerprint density at radius 3 is 2.38 bits per heavy atom. The van der Waals surface area contributed by atoms with Crippen molar-refractivity contribution in [2.45, 2.75) is 56.5 Å². The number of carbonyl (C=O) groups is 1. The van der Waals surface area contributed by atoms with E-state index in [0.29, 0.717) is 18.2 Å². The molecule has 4 fully saturated rings. The third-order valence-electron chi connectivity index (χ3n) is 11.4. The number of piperazine rings is 1. The van der Waals surface area contributed by atoms with Crippen molar-refractivity contribution in [1.82, 2.24) is 24.8 Å². The molecule has 2 saturated carbocycles. The number of benzene rings is 3. The van der Waals surface area contributed by atoms with Crippen LogP contribution in [-0.4, -0.2) is 100 Å². The van der Waals surface area contributed by atoms with Crippen LogP contribution in [0, 0.1) is 42.2 Å². The van der Waals surface area contributed by atoms with E-state index in [1.807, 2.05) is 0 Å². The van der Waals surface area contributed by atoms with Gasteiger partial charge in [-0.15, -0.1) is 6.42 Å². The van der Waals surface area contributed by atoms with E-state index < -0.39 is 78.3 Å². The van der Waals surface area contributed by atoms with Crippen LogP contribution in [0.4, 0.5) is 32.2 Å². The molecule has 4 atom stereocenters. The minimum atomic E-state index is -3.04. The first-order valence-electron chi connectivity index (χ1n) is 17.9. The van der Waals surface area contributed by atoms with Gasteiger partial charge in [0.1, 0.15) is 40.9 Å². The van der Waals surface area contributed by atoms with Gasteiger partial charge in [0.05, 0.1) is 21.9 Å². The lowest BCUT2D eigenvalue weighted by molar-refractivity contribution is -0.138. The molecule has 3 aromatic carbocycles. The number of halogens is 6. The lowest BCUT2D eigenvalue weighted by Gasteiger charge is -2.42. The van der Waals surface area contributed by atoms with Crippen molar-refractivity contribution in [2.24, 2.45) is 11.3 Å². The molecule has 10 nitrogen and oxygen atoms in total. The number of aromatic hydroxyl groups is 1. The lowest BCUT2D eigenvalue weighted by Crippen LogP contribution is -2.56. The molecule has 1 amide bonds. The fourth-order valence-corrected chi connectivity index (χ4v) is 8.75. The van der Waals surface area contributed by atoms with Crippen LogP contribution in [0.2, 0.25) is 0 Å². The Labute approximate surface area is 310 Å². The molecule has 4 heterocycles. The number of hydrogen-bond donors (Lipinski definition) is 1. The smallest absolute Gasteiger partial charge is 0.319 e. The predicted molar refractivity (Wildman–Crippen MR) is 189 cm³/mol. The number of amides is 1. The maximum atomic E-state index is 17.6.